The van der Waals surface area contributed by atoms with Crippen molar-refractivity contribution in [3.8, 4) is 0 Å². The molecule has 1 aromatic carbocycles. The van der Waals surface area contributed by atoms with Crippen molar-refractivity contribution in [1.82, 2.24) is 10.2 Å². The summed E-state index contributed by atoms with van der Waals surface area (Å²) in [6.07, 6.45) is 1.68. The Labute approximate surface area is 159 Å². The fourth-order valence-corrected chi connectivity index (χ4v) is 4.87. The summed E-state index contributed by atoms with van der Waals surface area (Å²) in [6, 6.07) is 7.49. The van der Waals surface area contributed by atoms with Gasteiger partial charge >= 0.3 is 5.97 Å². The number of piperidine rings is 1. The molecule has 142 valence electrons. The van der Waals surface area contributed by atoms with E-state index in [1.807, 2.05) is 55.1 Å². The first-order valence-electron chi connectivity index (χ1n) is 9.09. The standard InChI is InChI=1S/C19H27N3O3S/c1-4-25-18(24)16-13-26-19(20-16)8-10-22(11-9-19)17(23)14-6-5-7-15(12-14)21(2)3/h5-7,12,16,20H,4,8-11,13H2,1-3H3/t16-/m0/s1. The van der Waals surface area contributed by atoms with Gasteiger partial charge in [-0.15, -0.1) is 11.8 Å². The van der Waals surface area contributed by atoms with Crippen LogP contribution < -0.4 is 10.2 Å². The third-order valence-corrected chi connectivity index (χ3v) is 6.58. The maximum atomic E-state index is 12.8. The number of nitrogens with zero attached hydrogens (tertiary/aromatic N) is 2. The molecule has 26 heavy (non-hydrogen) atoms. The van der Waals surface area contributed by atoms with Crippen molar-refractivity contribution in [3.05, 3.63) is 29.8 Å². The van der Waals surface area contributed by atoms with Crippen LogP contribution in [0.1, 0.15) is 30.1 Å². The fraction of sp³-hybridized carbons (Fsp3) is 0.579. The Kier molecular flexibility index (Phi) is 5.77. The smallest absolute Gasteiger partial charge is 0.324 e. The van der Waals surface area contributed by atoms with Crippen LogP contribution >= 0.6 is 11.8 Å². The molecule has 3 rings (SSSR count). The highest BCUT2D eigenvalue weighted by Gasteiger charge is 2.45. The Morgan fingerprint density at radius 3 is 2.73 bits per heavy atom. The summed E-state index contributed by atoms with van der Waals surface area (Å²) in [5, 5.41) is 3.46. The highest BCUT2D eigenvalue weighted by molar-refractivity contribution is 8.01. The second kappa shape index (κ2) is 7.88. The second-order valence-corrected chi connectivity index (χ2v) is 8.39. The van der Waals surface area contributed by atoms with Crippen LogP contribution in [-0.4, -0.2) is 67.2 Å². The zero-order valence-electron chi connectivity index (χ0n) is 15.7. The lowest BCUT2D eigenvalue weighted by molar-refractivity contribution is -0.145. The van der Waals surface area contributed by atoms with Gasteiger partial charge in [-0.05, 0) is 38.0 Å². The molecule has 1 atom stereocenters. The zero-order chi connectivity index (χ0) is 18.7. The number of hydrogen-bond donors (Lipinski definition) is 1. The first-order chi connectivity index (χ1) is 12.4. The van der Waals surface area contributed by atoms with Gasteiger partial charge in [-0.1, -0.05) is 6.07 Å². The normalized spacial score (nSPS) is 21.7. The van der Waals surface area contributed by atoms with E-state index in [-0.39, 0.29) is 22.8 Å². The van der Waals surface area contributed by atoms with Crippen molar-refractivity contribution >= 4 is 29.3 Å². The van der Waals surface area contributed by atoms with E-state index < -0.39 is 0 Å². The summed E-state index contributed by atoms with van der Waals surface area (Å²) in [5.41, 5.74) is 1.75. The van der Waals surface area contributed by atoms with Gasteiger partial charge in [0, 0.05) is 44.2 Å². The molecular weight excluding hydrogens is 350 g/mol. The van der Waals surface area contributed by atoms with E-state index in [2.05, 4.69) is 5.32 Å². The third kappa shape index (κ3) is 3.99. The molecule has 2 fully saturated rings. The number of esters is 1. The van der Waals surface area contributed by atoms with Gasteiger partial charge in [0.2, 0.25) is 0 Å². The van der Waals surface area contributed by atoms with Crippen molar-refractivity contribution in [2.24, 2.45) is 0 Å². The van der Waals surface area contributed by atoms with Crippen LogP contribution in [-0.2, 0) is 9.53 Å². The Balaban J connectivity index is 1.59. The third-order valence-electron chi connectivity index (χ3n) is 5.00. The molecule has 1 spiro atoms. The minimum absolute atomic E-state index is 0.0773. The van der Waals surface area contributed by atoms with Crippen LogP contribution in [0.15, 0.2) is 24.3 Å². The molecule has 2 aliphatic heterocycles. The van der Waals surface area contributed by atoms with Crippen LogP contribution in [0.3, 0.4) is 0 Å². The first kappa shape index (κ1) is 19.0. The maximum absolute atomic E-state index is 12.8. The SMILES string of the molecule is CCOC(=O)[C@@H]1CSC2(CCN(C(=O)c3cccc(N(C)C)c3)CC2)N1. The van der Waals surface area contributed by atoms with Crippen LogP contribution in [0.25, 0.3) is 0 Å². The molecule has 2 aliphatic rings. The molecule has 6 nitrogen and oxygen atoms in total. The van der Waals surface area contributed by atoms with E-state index in [1.165, 1.54) is 0 Å². The van der Waals surface area contributed by atoms with Crippen LogP contribution in [0.5, 0.6) is 0 Å². The predicted molar refractivity (Wildman–Crippen MR) is 105 cm³/mol. The summed E-state index contributed by atoms with van der Waals surface area (Å²) in [6.45, 7) is 3.62. The van der Waals surface area contributed by atoms with Crippen LogP contribution in [0, 0.1) is 0 Å². The molecule has 7 heteroatoms. The van der Waals surface area contributed by atoms with E-state index in [0.717, 1.165) is 29.8 Å². The number of hydrogen-bond acceptors (Lipinski definition) is 6. The van der Waals surface area contributed by atoms with Gasteiger partial charge in [0.25, 0.3) is 5.91 Å². The summed E-state index contributed by atoms with van der Waals surface area (Å²) in [5.74, 6) is 0.641. The molecule has 1 aromatic rings. The quantitative estimate of drug-likeness (QED) is 0.810. The number of ether oxygens (including phenoxy) is 1. The van der Waals surface area contributed by atoms with Gasteiger partial charge in [0.05, 0.1) is 11.5 Å². The molecule has 0 saturated carbocycles. The highest BCUT2D eigenvalue weighted by atomic mass is 32.2. The Bertz CT molecular complexity index is 672. The number of benzene rings is 1. The molecule has 0 radical (unpaired) electrons. The number of nitrogens with one attached hydrogen (secondary N) is 1. The first-order valence-corrected chi connectivity index (χ1v) is 10.1. The van der Waals surface area contributed by atoms with E-state index in [9.17, 15) is 9.59 Å². The predicted octanol–water partition coefficient (Wildman–Crippen LogP) is 1.95. The molecule has 0 unspecified atom stereocenters. The molecule has 1 amide bonds. The Morgan fingerprint density at radius 1 is 1.35 bits per heavy atom. The van der Waals surface area contributed by atoms with Crippen molar-refractivity contribution in [1.29, 1.82) is 0 Å². The average Bonchev–Trinajstić information content (AvgIpc) is 3.06. The lowest BCUT2D eigenvalue weighted by Gasteiger charge is -2.39. The zero-order valence-corrected chi connectivity index (χ0v) is 16.5. The average molecular weight is 378 g/mol. The lowest BCUT2D eigenvalue weighted by atomic mass is 10.0. The summed E-state index contributed by atoms with van der Waals surface area (Å²) in [4.78, 5) is 28.6. The molecular formula is C19H27N3O3S. The Morgan fingerprint density at radius 2 is 2.08 bits per heavy atom. The minimum Gasteiger partial charge on any atom is -0.465 e. The van der Waals surface area contributed by atoms with Crippen molar-refractivity contribution in [3.63, 3.8) is 0 Å². The molecule has 2 heterocycles. The van der Waals surface area contributed by atoms with Crippen molar-refractivity contribution in [2.45, 2.75) is 30.7 Å². The van der Waals surface area contributed by atoms with Crippen molar-refractivity contribution < 1.29 is 14.3 Å². The number of anilines is 1. The molecule has 0 bridgehead atoms. The van der Waals surface area contributed by atoms with E-state index in [4.69, 9.17) is 4.74 Å². The largest absolute Gasteiger partial charge is 0.465 e. The number of amides is 1. The molecule has 0 aliphatic carbocycles. The molecule has 1 N–H and O–H groups in total. The molecule has 2 saturated heterocycles. The summed E-state index contributed by atoms with van der Waals surface area (Å²) >= 11 is 1.79. The van der Waals surface area contributed by atoms with Gasteiger partial charge in [0.1, 0.15) is 6.04 Å². The van der Waals surface area contributed by atoms with E-state index in [1.54, 1.807) is 11.8 Å². The maximum Gasteiger partial charge on any atom is 0.324 e. The van der Waals surface area contributed by atoms with Gasteiger partial charge in [-0.2, -0.15) is 0 Å². The van der Waals surface area contributed by atoms with E-state index in [0.29, 0.717) is 19.7 Å². The van der Waals surface area contributed by atoms with Crippen molar-refractivity contribution in [2.75, 3.05) is 44.4 Å². The number of likely N-dealkylation sites (tertiary alicyclic amines) is 1. The van der Waals surface area contributed by atoms with Crippen LogP contribution in [0.2, 0.25) is 0 Å². The topological polar surface area (TPSA) is 61.9 Å². The minimum atomic E-state index is -0.237. The number of carbonyl (C=O) groups excluding carboxylic acids is 2. The number of thioether (sulfide) groups is 1. The molecule has 0 aromatic heterocycles. The van der Waals surface area contributed by atoms with Crippen LogP contribution in [0.4, 0.5) is 5.69 Å². The van der Waals surface area contributed by atoms with Gasteiger partial charge < -0.3 is 14.5 Å². The lowest BCUT2D eigenvalue weighted by Crippen LogP contribution is -2.53. The van der Waals surface area contributed by atoms with Gasteiger partial charge in [0.15, 0.2) is 0 Å². The van der Waals surface area contributed by atoms with Gasteiger partial charge in [-0.25, -0.2) is 0 Å². The highest BCUT2D eigenvalue weighted by Crippen LogP contribution is 2.39. The number of carbonyl (C=O) groups is 2. The summed E-state index contributed by atoms with van der Waals surface area (Å²) < 4.78 is 5.12. The van der Waals surface area contributed by atoms with E-state index >= 15 is 0 Å². The summed E-state index contributed by atoms with van der Waals surface area (Å²) in [7, 11) is 3.94. The number of rotatable bonds is 4. The fourth-order valence-electron chi connectivity index (χ4n) is 3.47. The monoisotopic (exact) mass is 377 g/mol. The second-order valence-electron chi connectivity index (χ2n) is 6.99. The van der Waals surface area contributed by atoms with Gasteiger partial charge in [-0.3, -0.25) is 14.9 Å². The Hall–Kier alpha value is -1.73.